The van der Waals surface area contributed by atoms with Gasteiger partial charge in [-0.05, 0) is 29.8 Å². The second-order valence-corrected chi connectivity index (χ2v) is 6.92. The molecule has 3 rings (SSSR count). The minimum atomic E-state index is -3.03. The number of rotatable bonds is 8. The zero-order valence-electron chi connectivity index (χ0n) is 16.8. The van der Waals surface area contributed by atoms with Gasteiger partial charge in [0.05, 0.1) is 7.11 Å². The van der Waals surface area contributed by atoms with Gasteiger partial charge in [0.25, 0.3) is 0 Å². The maximum atomic E-state index is 12.8. The van der Waals surface area contributed by atoms with Gasteiger partial charge in [0.2, 0.25) is 5.91 Å². The summed E-state index contributed by atoms with van der Waals surface area (Å²) in [6.07, 6.45) is 6.01. The number of ether oxygens (including phenoxy) is 2. The Morgan fingerprint density at radius 1 is 1.23 bits per heavy atom. The van der Waals surface area contributed by atoms with Gasteiger partial charge in [-0.3, -0.25) is 4.79 Å². The first-order chi connectivity index (χ1) is 14.9. The van der Waals surface area contributed by atoms with Gasteiger partial charge in [0, 0.05) is 36.1 Å². The molecule has 1 heterocycles. The number of carbonyl (C=O) groups excluding carboxylic acids is 1. The lowest BCUT2D eigenvalue weighted by Crippen LogP contribution is -2.29. The van der Waals surface area contributed by atoms with E-state index >= 15 is 0 Å². The third kappa shape index (κ3) is 5.61. The predicted molar refractivity (Wildman–Crippen MR) is 113 cm³/mol. The molecule has 0 radical (unpaired) electrons. The molecule has 0 saturated carbocycles. The summed E-state index contributed by atoms with van der Waals surface area (Å²) in [5, 5.41) is 3.45. The number of benzene rings is 2. The average molecular weight is 448 g/mol. The van der Waals surface area contributed by atoms with Crippen LogP contribution >= 0.6 is 11.6 Å². The molecule has 0 aliphatic rings. The largest absolute Gasteiger partial charge is 0.493 e. The van der Waals surface area contributed by atoms with E-state index in [0.717, 1.165) is 5.56 Å². The van der Waals surface area contributed by atoms with Crippen LogP contribution in [0.2, 0.25) is 5.02 Å². The van der Waals surface area contributed by atoms with Crippen LogP contribution in [0.15, 0.2) is 60.9 Å². The van der Waals surface area contributed by atoms with Crippen LogP contribution in [0, 0.1) is 0 Å². The van der Waals surface area contributed by atoms with Gasteiger partial charge in [-0.25, -0.2) is 4.98 Å². The number of para-hydroxylation sites is 1. The van der Waals surface area contributed by atoms with Gasteiger partial charge in [-0.2, -0.15) is 8.78 Å². The van der Waals surface area contributed by atoms with Crippen molar-refractivity contribution in [2.45, 2.75) is 12.7 Å². The molecule has 1 N–H and O–H groups in total. The van der Waals surface area contributed by atoms with Crippen molar-refractivity contribution in [1.29, 1.82) is 0 Å². The zero-order valence-corrected chi connectivity index (χ0v) is 17.5. The first-order valence-corrected chi connectivity index (χ1v) is 9.60. The fourth-order valence-electron chi connectivity index (χ4n) is 3.00. The van der Waals surface area contributed by atoms with Crippen LogP contribution in [0.4, 0.5) is 8.78 Å². The Balaban J connectivity index is 1.86. The van der Waals surface area contributed by atoms with Crippen molar-refractivity contribution in [1.82, 2.24) is 14.9 Å². The molecular formula is C22H20ClF2N3O3. The SMILES string of the molecule is COc1cccc(/C=C/C(=O)NC(c2ccc(Cl)cc2)c2nccn2C)c1OC(F)F. The van der Waals surface area contributed by atoms with Crippen molar-refractivity contribution in [3.8, 4) is 11.5 Å². The highest BCUT2D eigenvalue weighted by Gasteiger charge is 2.20. The third-order valence-corrected chi connectivity index (χ3v) is 4.71. The third-order valence-electron chi connectivity index (χ3n) is 4.46. The van der Waals surface area contributed by atoms with Crippen LogP contribution in [0.5, 0.6) is 11.5 Å². The van der Waals surface area contributed by atoms with Crippen LogP contribution in [-0.2, 0) is 11.8 Å². The average Bonchev–Trinajstić information content (AvgIpc) is 3.17. The van der Waals surface area contributed by atoms with Crippen LogP contribution < -0.4 is 14.8 Å². The van der Waals surface area contributed by atoms with Gasteiger partial charge in [0.1, 0.15) is 11.9 Å². The number of nitrogens with one attached hydrogen (secondary N) is 1. The summed E-state index contributed by atoms with van der Waals surface area (Å²) >= 11 is 5.98. The zero-order chi connectivity index (χ0) is 22.4. The summed E-state index contributed by atoms with van der Waals surface area (Å²) in [6, 6.07) is 11.1. The number of hydrogen-bond donors (Lipinski definition) is 1. The van der Waals surface area contributed by atoms with E-state index in [9.17, 15) is 13.6 Å². The molecule has 1 amide bonds. The van der Waals surface area contributed by atoms with Crippen LogP contribution in [-0.4, -0.2) is 29.2 Å². The highest BCUT2D eigenvalue weighted by atomic mass is 35.5. The van der Waals surface area contributed by atoms with Gasteiger partial charge in [-0.15, -0.1) is 0 Å². The molecule has 0 saturated heterocycles. The second kappa shape index (κ2) is 10.1. The summed E-state index contributed by atoms with van der Waals surface area (Å²) in [4.78, 5) is 17.0. The van der Waals surface area contributed by atoms with E-state index in [1.807, 2.05) is 7.05 Å². The van der Waals surface area contributed by atoms with Crippen LogP contribution in [0.3, 0.4) is 0 Å². The Hall–Kier alpha value is -3.39. The Morgan fingerprint density at radius 3 is 2.58 bits per heavy atom. The minimum Gasteiger partial charge on any atom is -0.493 e. The van der Waals surface area contributed by atoms with Gasteiger partial charge in [0.15, 0.2) is 11.5 Å². The van der Waals surface area contributed by atoms with Crippen molar-refractivity contribution in [3.63, 3.8) is 0 Å². The first kappa shape index (κ1) is 22.3. The Labute approximate surface area is 183 Å². The normalized spacial score (nSPS) is 12.2. The molecular weight excluding hydrogens is 428 g/mol. The number of amides is 1. The maximum Gasteiger partial charge on any atom is 0.387 e. The van der Waals surface area contributed by atoms with Gasteiger partial charge < -0.3 is 19.4 Å². The molecule has 9 heteroatoms. The monoisotopic (exact) mass is 447 g/mol. The fraction of sp³-hybridized carbons (Fsp3) is 0.182. The second-order valence-electron chi connectivity index (χ2n) is 6.48. The number of imidazole rings is 1. The summed E-state index contributed by atoms with van der Waals surface area (Å²) in [5.41, 5.74) is 1.05. The van der Waals surface area contributed by atoms with E-state index in [1.54, 1.807) is 53.4 Å². The number of halogens is 3. The molecule has 0 spiro atoms. The predicted octanol–water partition coefficient (Wildman–Crippen LogP) is 4.60. The smallest absolute Gasteiger partial charge is 0.387 e. The van der Waals surface area contributed by atoms with E-state index in [0.29, 0.717) is 10.8 Å². The topological polar surface area (TPSA) is 65.4 Å². The molecule has 3 aromatic rings. The quantitative estimate of drug-likeness (QED) is 0.512. The lowest BCUT2D eigenvalue weighted by atomic mass is 10.1. The number of alkyl halides is 2. The summed E-state index contributed by atoms with van der Waals surface area (Å²) in [6.45, 7) is -3.03. The minimum absolute atomic E-state index is 0.134. The van der Waals surface area contributed by atoms with E-state index in [1.165, 1.54) is 25.3 Å². The molecule has 0 bridgehead atoms. The van der Waals surface area contributed by atoms with Crippen molar-refractivity contribution < 1.29 is 23.0 Å². The summed E-state index contributed by atoms with van der Waals surface area (Å²) in [7, 11) is 3.16. The van der Waals surface area contributed by atoms with Gasteiger partial charge >= 0.3 is 6.61 Å². The highest BCUT2D eigenvalue weighted by Crippen LogP contribution is 2.33. The van der Waals surface area contributed by atoms with Crippen molar-refractivity contribution in [3.05, 3.63) is 82.9 Å². The molecule has 162 valence electrons. The van der Waals surface area contributed by atoms with Crippen molar-refractivity contribution in [2.24, 2.45) is 7.05 Å². The molecule has 1 aromatic heterocycles. The van der Waals surface area contributed by atoms with Crippen LogP contribution in [0.25, 0.3) is 6.08 Å². The summed E-state index contributed by atoms with van der Waals surface area (Å²) in [5.74, 6) is 0.151. The molecule has 0 aliphatic heterocycles. The Bertz CT molecular complexity index is 1070. The molecule has 0 aliphatic carbocycles. The standard InChI is InChI=1S/C22H20ClF2N3O3/c1-28-13-12-26-21(28)19(14-6-9-16(23)10-7-14)27-18(29)11-8-15-4-3-5-17(30-2)20(15)31-22(24)25/h3-13,19,22H,1-2H3,(H,27,29)/b11-8+. The lowest BCUT2D eigenvalue weighted by molar-refractivity contribution is -0.117. The highest BCUT2D eigenvalue weighted by molar-refractivity contribution is 6.30. The van der Waals surface area contributed by atoms with Crippen LogP contribution in [0.1, 0.15) is 23.0 Å². The molecule has 1 unspecified atom stereocenters. The molecule has 2 aromatic carbocycles. The van der Waals surface area contributed by atoms with E-state index in [4.69, 9.17) is 16.3 Å². The number of aromatic nitrogens is 2. The van der Waals surface area contributed by atoms with E-state index in [2.05, 4.69) is 15.0 Å². The molecule has 1 atom stereocenters. The Kier molecular flexibility index (Phi) is 7.25. The lowest BCUT2D eigenvalue weighted by Gasteiger charge is -2.18. The number of hydrogen-bond acceptors (Lipinski definition) is 4. The maximum absolute atomic E-state index is 12.8. The molecule has 6 nitrogen and oxygen atoms in total. The van der Waals surface area contributed by atoms with Crippen molar-refractivity contribution >= 4 is 23.6 Å². The van der Waals surface area contributed by atoms with E-state index < -0.39 is 18.6 Å². The van der Waals surface area contributed by atoms with Gasteiger partial charge in [-0.1, -0.05) is 35.9 Å². The number of nitrogens with zero attached hydrogens (tertiary/aromatic N) is 2. The Morgan fingerprint density at radius 2 is 1.97 bits per heavy atom. The fourth-order valence-corrected chi connectivity index (χ4v) is 3.13. The van der Waals surface area contributed by atoms with Crippen molar-refractivity contribution in [2.75, 3.05) is 7.11 Å². The number of aryl methyl sites for hydroxylation is 1. The number of carbonyl (C=O) groups is 1. The first-order valence-electron chi connectivity index (χ1n) is 9.22. The summed E-state index contributed by atoms with van der Waals surface area (Å²) < 4.78 is 37.0. The molecule has 0 fully saturated rings. The van der Waals surface area contributed by atoms with E-state index in [-0.39, 0.29) is 17.1 Å². The number of methoxy groups -OCH3 is 1. The molecule has 31 heavy (non-hydrogen) atoms.